The predicted molar refractivity (Wildman–Crippen MR) is 101 cm³/mol. The molecule has 0 bridgehead atoms. The smallest absolute Gasteiger partial charge is 0.137 e. The molecule has 2 fully saturated rings. The van der Waals surface area contributed by atoms with E-state index in [4.69, 9.17) is 9.73 Å². The van der Waals surface area contributed by atoms with Gasteiger partial charge in [-0.1, -0.05) is 0 Å². The lowest BCUT2D eigenvalue weighted by molar-refractivity contribution is 0.130. The van der Waals surface area contributed by atoms with E-state index in [1.807, 2.05) is 24.5 Å². The van der Waals surface area contributed by atoms with Gasteiger partial charge in [-0.15, -0.1) is 0 Å². The van der Waals surface area contributed by atoms with Gasteiger partial charge in [0.15, 0.2) is 0 Å². The van der Waals surface area contributed by atoms with Crippen molar-refractivity contribution in [2.24, 2.45) is 4.99 Å². The largest absolute Gasteiger partial charge is 0.489 e. The number of amidine groups is 1. The van der Waals surface area contributed by atoms with Crippen molar-refractivity contribution >= 4 is 17.2 Å². The zero-order valence-electron chi connectivity index (χ0n) is 14.8. The molecule has 2 aromatic rings. The normalized spacial score (nSPS) is 20.5. The summed E-state index contributed by atoms with van der Waals surface area (Å²) in [4.78, 5) is 18.3. The van der Waals surface area contributed by atoms with Crippen LogP contribution >= 0.6 is 0 Å². The number of likely N-dealkylation sites (tertiary alicyclic amines) is 1. The molecular formula is C20H23N5O. The highest BCUT2D eigenvalue weighted by Crippen LogP contribution is 2.39. The second-order valence-electron chi connectivity index (χ2n) is 7.24. The van der Waals surface area contributed by atoms with Crippen LogP contribution in [-0.2, 0) is 0 Å². The average Bonchev–Trinajstić information content (AvgIpc) is 3.54. The second kappa shape index (κ2) is 6.59. The minimum Gasteiger partial charge on any atom is -0.489 e. The van der Waals surface area contributed by atoms with Crippen LogP contribution in [0, 0.1) is 0 Å². The fourth-order valence-electron chi connectivity index (χ4n) is 3.84. The molecule has 4 heterocycles. The first-order valence-electron chi connectivity index (χ1n) is 9.47. The summed E-state index contributed by atoms with van der Waals surface area (Å²) in [5, 5.41) is 0. The van der Waals surface area contributed by atoms with Gasteiger partial charge in [0.1, 0.15) is 23.4 Å². The van der Waals surface area contributed by atoms with Crippen LogP contribution in [0.4, 0.5) is 11.4 Å². The number of ether oxygens (including phenoxy) is 1. The van der Waals surface area contributed by atoms with Crippen molar-refractivity contribution in [2.45, 2.75) is 37.8 Å². The number of hydrogen-bond acceptors (Lipinski definition) is 6. The zero-order chi connectivity index (χ0) is 17.3. The molecular weight excluding hydrogens is 326 g/mol. The minimum absolute atomic E-state index is 0.258. The van der Waals surface area contributed by atoms with Gasteiger partial charge in [0.05, 0.1) is 24.6 Å². The number of anilines is 1. The Kier molecular flexibility index (Phi) is 3.96. The van der Waals surface area contributed by atoms with Crippen molar-refractivity contribution in [3.63, 3.8) is 0 Å². The van der Waals surface area contributed by atoms with Crippen molar-refractivity contribution < 1.29 is 4.74 Å². The highest BCUT2D eigenvalue weighted by Gasteiger charge is 2.35. The van der Waals surface area contributed by atoms with Gasteiger partial charge in [0.2, 0.25) is 0 Å². The summed E-state index contributed by atoms with van der Waals surface area (Å²) >= 11 is 0. The van der Waals surface area contributed by atoms with Crippen LogP contribution < -0.4 is 9.64 Å². The van der Waals surface area contributed by atoms with E-state index in [0.717, 1.165) is 43.9 Å². The van der Waals surface area contributed by atoms with E-state index in [0.29, 0.717) is 6.04 Å². The molecule has 0 aromatic carbocycles. The van der Waals surface area contributed by atoms with Crippen molar-refractivity contribution in [3.8, 4) is 5.75 Å². The van der Waals surface area contributed by atoms with Gasteiger partial charge < -0.3 is 14.5 Å². The summed E-state index contributed by atoms with van der Waals surface area (Å²) in [5.41, 5.74) is 2.25. The van der Waals surface area contributed by atoms with Crippen LogP contribution in [0.25, 0.3) is 0 Å². The van der Waals surface area contributed by atoms with E-state index in [1.165, 1.54) is 24.4 Å². The van der Waals surface area contributed by atoms with Crippen molar-refractivity contribution in [3.05, 3.63) is 43.0 Å². The number of aliphatic imine (C=N–C) groups is 1. The molecule has 0 spiro atoms. The molecule has 1 saturated carbocycles. The number of nitrogens with zero attached hydrogens (tertiary/aromatic N) is 5. The number of aromatic nitrogens is 2. The molecule has 0 atom stereocenters. The lowest BCUT2D eigenvalue weighted by Gasteiger charge is -2.38. The number of piperidine rings is 1. The Bertz CT molecular complexity index is 797. The molecule has 0 unspecified atom stereocenters. The molecule has 6 nitrogen and oxygen atoms in total. The van der Waals surface area contributed by atoms with Gasteiger partial charge >= 0.3 is 0 Å². The molecule has 3 aliphatic rings. The number of hydrogen-bond donors (Lipinski definition) is 0. The van der Waals surface area contributed by atoms with Crippen LogP contribution in [0.2, 0.25) is 0 Å². The summed E-state index contributed by atoms with van der Waals surface area (Å²) in [6, 6.07) is 6.66. The third kappa shape index (κ3) is 3.11. The highest BCUT2D eigenvalue weighted by molar-refractivity contribution is 5.94. The van der Waals surface area contributed by atoms with Crippen molar-refractivity contribution in [1.29, 1.82) is 0 Å². The van der Waals surface area contributed by atoms with Crippen LogP contribution in [0.15, 0.2) is 48.0 Å². The molecule has 2 aromatic heterocycles. The monoisotopic (exact) mass is 349 g/mol. The van der Waals surface area contributed by atoms with Gasteiger partial charge in [0, 0.05) is 44.4 Å². The zero-order valence-corrected chi connectivity index (χ0v) is 14.8. The van der Waals surface area contributed by atoms with Crippen molar-refractivity contribution in [1.82, 2.24) is 14.9 Å². The molecule has 5 rings (SSSR count). The lowest BCUT2D eigenvalue weighted by atomic mass is 10.1. The van der Waals surface area contributed by atoms with Crippen molar-refractivity contribution in [2.75, 3.05) is 24.5 Å². The van der Waals surface area contributed by atoms with Crippen LogP contribution in [-0.4, -0.2) is 52.5 Å². The Morgan fingerprint density at radius 3 is 2.58 bits per heavy atom. The maximum Gasteiger partial charge on any atom is 0.137 e. The first-order chi connectivity index (χ1) is 12.9. The standard InChI is InChI=1S/C20H23N5O/c1-2-17(12-21-8-1)26-16-6-10-24(11-7-16)20-14-25(15-3-4-15)19-5-9-22-13-18(19)23-20/h1-2,5,8-9,12-13,15-16H,3-4,6-7,10-11,14H2. The van der Waals surface area contributed by atoms with Gasteiger partial charge in [-0.3, -0.25) is 9.97 Å². The van der Waals surface area contributed by atoms with Gasteiger partial charge in [-0.2, -0.15) is 0 Å². The Balaban J connectivity index is 1.27. The molecule has 6 heteroatoms. The third-order valence-electron chi connectivity index (χ3n) is 5.38. The fraction of sp³-hybridized carbons (Fsp3) is 0.450. The first kappa shape index (κ1) is 15.6. The van der Waals surface area contributed by atoms with Gasteiger partial charge in [0.25, 0.3) is 0 Å². The van der Waals surface area contributed by atoms with E-state index < -0.39 is 0 Å². The number of rotatable bonds is 3. The number of pyridine rings is 2. The SMILES string of the molecule is c1cncc(OC2CCN(C3=Nc4cnccc4N(C4CC4)C3)CC2)c1. The Morgan fingerprint density at radius 2 is 1.81 bits per heavy atom. The van der Waals surface area contributed by atoms with Crippen LogP contribution in [0.1, 0.15) is 25.7 Å². The first-order valence-corrected chi connectivity index (χ1v) is 9.47. The number of fused-ring (bicyclic) bond motifs is 1. The van der Waals surface area contributed by atoms with Gasteiger partial charge in [-0.05, 0) is 31.0 Å². The third-order valence-corrected chi connectivity index (χ3v) is 5.38. The molecule has 0 N–H and O–H groups in total. The Morgan fingerprint density at radius 1 is 0.962 bits per heavy atom. The molecule has 0 radical (unpaired) electrons. The molecule has 1 aliphatic carbocycles. The summed E-state index contributed by atoms with van der Waals surface area (Å²) in [7, 11) is 0. The van der Waals surface area contributed by atoms with Crippen LogP contribution in [0.5, 0.6) is 5.75 Å². The molecule has 1 saturated heterocycles. The lowest BCUT2D eigenvalue weighted by Crippen LogP contribution is -2.47. The summed E-state index contributed by atoms with van der Waals surface area (Å²) < 4.78 is 6.07. The van der Waals surface area contributed by atoms with E-state index in [-0.39, 0.29) is 6.10 Å². The maximum absolute atomic E-state index is 6.07. The highest BCUT2D eigenvalue weighted by atomic mass is 16.5. The van der Waals surface area contributed by atoms with E-state index in [9.17, 15) is 0 Å². The second-order valence-corrected chi connectivity index (χ2v) is 7.24. The van der Waals surface area contributed by atoms with E-state index in [2.05, 4.69) is 25.8 Å². The van der Waals surface area contributed by atoms with E-state index >= 15 is 0 Å². The summed E-state index contributed by atoms with van der Waals surface area (Å²) in [6.45, 7) is 2.88. The maximum atomic E-state index is 6.07. The topological polar surface area (TPSA) is 53.9 Å². The molecule has 134 valence electrons. The average molecular weight is 349 g/mol. The molecule has 0 amide bonds. The van der Waals surface area contributed by atoms with E-state index in [1.54, 1.807) is 12.4 Å². The minimum atomic E-state index is 0.258. The molecule has 26 heavy (non-hydrogen) atoms. The summed E-state index contributed by atoms with van der Waals surface area (Å²) in [5.74, 6) is 2.04. The summed E-state index contributed by atoms with van der Waals surface area (Å²) in [6.07, 6.45) is 12.2. The quantitative estimate of drug-likeness (QED) is 0.852. The van der Waals surface area contributed by atoms with Crippen LogP contribution in [0.3, 0.4) is 0 Å². The van der Waals surface area contributed by atoms with Gasteiger partial charge in [-0.25, -0.2) is 4.99 Å². The Labute approximate surface area is 153 Å². The Hall–Kier alpha value is -2.63. The molecule has 2 aliphatic heterocycles. The fourth-order valence-corrected chi connectivity index (χ4v) is 3.84. The predicted octanol–water partition coefficient (Wildman–Crippen LogP) is 3.03.